The van der Waals surface area contributed by atoms with Gasteiger partial charge >= 0.3 is 0 Å². The van der Waals surface area contributed by atoms with E-state index in [4.69, 9.17) is 11.6 Å². The molecule has 0 fully saturated rings. The van der Waals surface area contributed by atoms with Gasteiger partial charge in [-0.1, -0.05) is 11.6 Å². The van der Waals surface area contributed by atoms with E-state index in [0.717, 1.165) is 22.5 Å². The first-order valence-electron chi connectivity index (χ1n) is 5.44. The zero-order valence-corrected chi connectivity index (χ0v) is 13.3. The second-order valence-corrected chi connectivity index (χ2v) is 6.45. The van der Waals surface area contributed by atoms with E-state index in [9.17, 15) is 0 Å². The summed E-state index contributed by atoms with van der Waals surface area (Å²) >= 11 is 11.1. The summed E-state index contributed by atoms with van der Waals surface area (Å²) in [5.41, 5.74) is 0.900. The molecule has 3 nitrogen and oxygen atoms in total. The number of aryl methyl sites for hydroxylation is 1. The van der Waals surface area contributed by atoms with Crippen LogP contribution in [0, 0.1) is 6.92 Å². The summed E-state index contributed by atoms with van der Waals surface area (Å²) in [4.78, 5) is 12.1. The van der Waals surface area contributed by atoms with Gasteiger partial charge in [-0.15, -0.1) is 11.3 Å². The van der Waals surface area contributed by atoms with E-state index in [-0.39, 0.29) is 0 Å². The maximum atomic E-state index is 5.92. The van der Waals surface area contributed by atoms with Crippen molar-refractivity contribution in [3.05, 3.63) is 43.5 Å². The highest BCUT2D eigenvalue weighted by Crippen LogP contribution is 2.21. The Balaban J connectivity index is 2.00. The number of rotatable bonds is 4. The molecule has 96 valence electrons. The largest absolute Gasteiger partial charge is 0.294 e. The summed E-state index contributed by atoms with van der Waals surface area (Å²) in [6, 6.07) is 3.90. The highest BCUT2D eigenvalue weighted by Gasteiger charge is 2.07. The van der Waals surface area contributed by atoms with Gasteiger partial charge < -0.3 is 0 Å². The first kappa shape index (κ1) is 13.9. The number of hydrogen-bond acceptors (Lipinski definition) is 4. The predicted molar refractivity (Wildman–Crippen MR) is 79.0 cm³/mol. The van der Waals surface area contributed by atoms with Gasteiger partial charge in [0.25, 0.3) is 0 Å². The molecular weight excluding hydrogens is 334 g/mol. The van der Waals surface area contributed by atoms with Crippen LogP contribution < -0.4 is 0 Å². The molecular formula is C12H13BrClN3S. The maximum absolute atomic E-state index is 5.92. The van der Waals surface area contributed by atoms with Crippen LogP contribution in [-0.2, 0) is 13.1 Å². The van der Waals surface area contributed by atoms with Crippen LogP contribution in [-0.4, -0.2) is 21.9 Å². The second kappa shape index (κ2) is 6.10. The standard InChI is InChI=1S/C12H13BrClN3S/c1-8-3-11(14)16-12(15-8)6-17(2)5-10-4-9(13)7-18-10/h3-4,7H,5-6H2,1-2H3. The van der Waals surface area contributed by atoms with Gasteiger partial charge in [-0.05, 0) is 42.0 Å². The lowest BCUT2D eigenvalue weighted by Gasteiger charge is -2.14. The summed E-state index contributed by atoms with van der Waals surface area (Å²) in [5.74, 6) is 0.762. The molecule has 0 aliphatic heterocycles. The Morgan fingerprint density at radius 3 is 2.72 bits per heavy atom. The van der Waals surface area contributed by atoms with Crippen molar-refractivity contribution in [1.29, 1.82) is 0 Å². The van der Waals surface area contributed by atoms with Crippen LogP contribution in [0.2, 0.25) is 5.15 Å². The van der Waals surface area contributed by atoms with Crippen molar-refractivity contribution >= 4 is 38.9 Å². The zero-order chi connectivity index (χ0) is 13.1. The first-order valence-corrected chi connectivity index (χ1v) is 7.49. The van der Waals surface area contributed by atoms with Crippen LogP contribution >= 0.6 is 38.9 Å². The highest BCUT2D eigenvalue weighted by molar-refractivity contribution is 9.10. The second-order valence-electron chi connectivity index (χ2n) is 4.15. The quantitative estimate of drug-likeness (QED) is 0.786. The molecule has 6 heteroatoms. The van der Waals surface area contributed by atoms with Gasteiger partial charge in [-0.25, -0.2) is 9.97 Å². The topological polar surface area (TPSA) is 29.0 Å². The minimum atomic E-state index is 0.504. The molecule has 0 saturated carbocycles. The lowest BCUT2D eigenvalue weighted by Crippen LogP contribution is -2.18. The molecule has 2 rings (SSSR count). The highest BCUT2D eigenvalue weighted by atomic mass is 79.9. The summed E-state index contributed by atoms with van der Waals surface area (Å²) in [6.07, 6.45) is 0. The summed E-state index contributed by atoms with van der Waals surface area (Å²) in [5, 5.41) is 2.59. The van der Waals surface area contributed by atoms with Crippen LogP contribution in [0.5, 0.6) is 0 Å². The molecule has 0 amide bonds. The van der Waals surface area contributed by atoms with E-state index < -0.39 is 0 Å². The van der Waals surface area contributed by atoms with E-state index in [0.29, 0.717) is 11.7 Å². The van der Waals surface area contributed by atoms with E-state index in [2.05, 4.69) is 42.2 Å². The lowest BCUT2D eigenvalue weighted by atomic mass is 10.4. The maximum Gasteiger partial charge on any atom is 0.144 e. The molecule has 2 heterocycles. The Bertz CT molecular complexity index is 524. The number of halogens is 2. The van der Waals surface area contributed by atoms with Crippen molar-refractivity contribution in [3.8, 4) is 0 Å². The third kappa shape index (κ3) is 4.02. The zero-order valence-electron chi connectivity index (χ0n) is 10.2. The molecule has 0 unspecified atom stereocenters. The number of aromatic nitrogens is 2. The van der Waals surface area contributed by atoms with Crippen LogP contribution in [0.15, 0.2) is 22.0 Å². The number of thiophene rings is 1. The molecule has 0 aliphatic rings. The minimum Gasteiger partial charge on any atom is -0.294 e. The fraction of sp³-hybridized carbons (Fsp3) is 0.333. The lowest BCUT2D eigenvalue weighted by molar-refractivity contribution is 0.313. The van der Waals surface area contributed by atoms with Gasteiger partial charge in [0.2, 0.25) is 0 Å². The van der Waals surface area contributed by atoms with E-state index in [1.807, 2.05) is 14.0 Å². The van der Waals surface area contributed by atoms with Crippen LogP contribution in [0.3, 0.4) is 0 Å². The van der Waals surface area contributed by atoms with E-state index in [1.165, 1.54) is 4.88 Å². The van der Waals surface area contributed by atoms with Crippen molar-refractivity contribution in [1.82, 2.24) is 14.9 Å². The van der Waals surface area contributed by atoms with Gasteiger partial charge in [-0.2, -0.15) is 0 Å². The smallest absolute Gasteiger partial charge is 0.144 e. The van der Waals surface area contributed by atoms with Gasteiger partial charge in [0, 0.05) is 27.0 Å². The predicted octanol–water partition coefficient (Wildman–Crippen LogP) is 3.89. The number of hydrogen-bond donors (Lipinski definition) is 0. The van der Waals surface area contributed by atoms with Gasteiger partial charge in [-0.3, -0.25) is 4.90 Å². The first-order chi connectivity index (χ1) is 8.52. The molecule has 0 saturated heterocycles. The Hall–Kier alpha value is -0.490. The monoisotopic (exact) mass is 345 g/mol. The summed E-state index contributed by atoms with van der Waals surface area (Å²) in [7, 11) is 2.05. The van der Waals surface area contributed by atoms with Crippen LogP contribution in [0.25, 0.3) is 0 Å². The molecule has 0 radical (unpaired) electrons. The van der Waals surface area contributed by atoms with Crippen molar-refractivity contribution in [2.75, 3.05) is 7.05 Å². The Kier molecular flexibility index (Phi) is 4.72. The normalized spacial score (nSPS) is 11.2. The van der Waals surface area contributed by atoms with Gasteiger partial charge in [0.1, 0.15) is 11.0 Å². The molecule has 0 atom stereocenters. The van der Waals surface area contributed by atoms with Crippen LogP contribution in [0.1, 0.15) is 16.4 Å². The average Bonchev–Trinajstić information content (AvgIpc) is 2.61. The summed E-state index contributed by atoms with van der Waals surface area (Å²) < 4.78 is 1.13. The molecule has 0 bridgehead atoms. The Morgan fingerprint density at radius 2 is 2.11 bits per heavy atom. The van der Waals surface area contributed by atoms with E-state index >= 15 is 0 Å². The fourth-order valence-electron chi connectivity index (χ4n) is 1.66. The third-order valence-electron chi connectivity index (χ3n) is 2.33. The minimum absolute atomic E-state index is 0.504. The molecule has 0 N–H and O–H groups in total. The molecule has 0 aliphatic carbocycles. The summed E-state index contributed by atoms with van der Waals surface area (Å²) in [6.45, 7) is 3.50. The Labute approximate surface area is 124 Å². The van der Waals surface area contributed by atoms with Crippen LogP contribution in [0.4, 0.5) is 0 Å². The SMILES string of the molecule is Cc1cc(Cl)nc(CN(C)Cc2cc(Br)cs2)n1. The van der Waals surface area contributed by atoms with Crippen molar-refractivity contribution in [3.63, 3.8) is 0 Å². The molecule has 2 aromatic heterocycles. The fourth-order valence-corrected chi connectivity index (χ4v) is 3.45. The molecule has 0 spiro atoms. The van der Waals surface area contributed by atoms with Crippen molar-refractivity contribution in [2.45, 2.75) is 20.0 Å². The molecule has 2 aromatic rings. The Morgan fingerprint density at radius 1 is 1.33 bits per heavy atom. The number of nitrogens with zero attached hydrogens (tertiary/aromatic N) is 3. The van der Waals surface area contributed by atoms with E-state index in [1.54, 1.807) is 17.4 Å². The van der Waals surface area contributed by atoms with Gasteiger partial charge in [0.05, 0.1) is 6.54 Å². The van der Waals surface area contributed by atoms with Crippen molar-refractivity contribution < 1.29 is 0 Å². The molecule has 18 heavy (non-hydrogen) atoms. The van der Waals surface area contributed by atoms with Gasteiger partial charge in [0.15, 0.2) is 0 Å². The third-order valence-corrected chi connectivity index (χ3v) is 4.20. The average molecular weight is 347 g/mol. The van der Waals surface area contributed by atoms with Crippen molar-refractivity contribution in [2.24, 2.45) is 0 Å². The molecule has 0 aromatic carbocycles.